The zero-order chi connectivity index (χ0) is 11.0. The third kappa shape index (κ3) is 6.23. The van der Waals surface area contributed by atoms with Gasteiger partial charge in [-0.1, -0.05) is 38.2 Å². The van der Waals surface area contributed by atoms with Crippen molar-refractivity contribution in [2.24, 2.45) is 5.41 Å². The molecule has 0 aromatic rings. The summed E-state index contributed by atoms with van der Waals surface area (Å²) >= 11 is 0. The van der Waals surface area contributed by atoms with Crippen LogP contribution in [0.4, 0.5) is 0 Å². The average Bonchev–Trinajstić information content (AvgIpc) is 2.12. The van der Waals surface area contributed by atoms with Crippen LogP contribution in [-0.2, 0) is 9.53 Å². The predicted molar refractivity (Wildman–Crippen MR) is 58.9 cm³/mol. The van der Waals surface area contributed by atoms with Crippen LogP contribution >= 0.6 is 0 Å². The van der Waals surface area contributed by atoms with Gasteiger partial charge < -0.3 is 4.74 Å². The maximum Gasteiger partial charge on any atom is 0.330 e. The summed E-state index contributed by atoms with van der Waals surface area (Å²) < 4.78 is 4.45. The molecule has 0 heterocycles. The van der Waals surface area contributed by atoms with E-state index in [0.29, 0.717) is 0 Å². The maximum absolute atomic E-state index is 10.7. The van der Waals surface area contributed by atoms with Gasteiger partial charge >= 0.3 is 5.97 Å². The van der Waals surface area contributed by atoms with Crippen molar-refractivity contribution in [1.29, 1.82) is 0 Å². The highest BCUT2D eigenvalue weighted by Crippen LogP contribution is 2.21. The van der Waals surface area contributed by atoms with Crippen molar-refractivity contribution in [1.82, 2.24) is 0 Å². The molecular weight excluding hydrogens is 176 g/mol. The predicted octanol–water partition coefficient (Wildman–Crippen LogP) is 2.87. The molecule has 0 aliphatic heterocycles. The topological polar surface area (TPSA) is 26.3 Å². The number of hydrogen-bond donors (Lipinski definition) is 0. The van der Waals surface area contributed by atoms with Gasteiger partial charge in [-0.15, -0.1) is 6.58 Å². The monoisotopic (exact) mass is 194 g/mol. The highest BCUT2D eigenvalue weighted by Gasteiger charge is 2.09. The van der Waals surface area contributed by atoms with Crippen molar-refractivity contribution in [2.45, 2.75) is 20.3 Å². The average molecular weight is 194 g/mol. The van der Waals surface area contributed by atoms with E-state index in [1.165, 1.54) is 13.2 Å². The number of ether oxygens (including phenoxy) is 1. The molecule has 0 rings (SSSR count). The second-order valence-corrected chi connectivity index (χ2v) is 3.72. The molecular formula is C12H18O2. The number of esters is 1. The molecule has 0 N–H and O–H groups in total. The Morgan fingerprint density at radius 3 is 2.57 bits per heavy atom. The molecule has 0 aromatic heterocycles. The van der Waals surface area contributed by atoms with Crippen molar-refractivity contribution < 1.29 is 9.53 Å². The van der Waals surface area contributed by atoms with Crippen LogP contribution < -0.4 is 0 Å². The van der Waals surface area contributed by atoms with Crippen molar-refractivity contribution in [2.75, 3.05) is 7.11 Å². The van der Waals surface area contributed by atoms with E-state index < -0.39 is 0 Å². The number of allylic oxidation sites excluding steroid dienone is 4. The summed E-state index contributed by atoms with van der Waals surface area (Å²) in [5.41, 5.74) is 0.0855. The fourth-order valence-electron chi connectivity index (χ4n) is 0.958. The Hall–Kier alpha value is -1.31. The van der Waals surface area contributed by atoms with Gasteiger partial charge in [0.15, 0.2) is 0 Å². The Morgan fingerprint density at radius 2 is 2.07 bits per heavy atom. The third-order valence-electron chi connectivity index (χ3n) is 1.76. The molecule has 0 unspecified atom stereocenters. The van der Waals surface area contributed by atoms with E-state index in [9.17, 15) is 4.79 Å². The number of carbonyl (C=O) groups is 1. The van der Waals surface area contributed by atoms with Crippen LogP contribution in [0.3, 0.4) is 0 Å². The fraction of sp³-hybridized carbons (Fsp3) is 0.417. The van der Waals surface area contributed by atoms with Crippen LogP contribution in [0.15, 0.2) is 37.0 Å². The summed E-state index contributed by atoms with van der Waals surface area (Å²) in [6, 6.07) is 0. The molecule has 0 spiro atoms. The van der Waals surface area contributed by atoms with Crippen LogP contribution in [-0.4, -0.2) is 13.1 Å². The van der Waals surface area contributed by atoms with Gasteiger partial charge in [-0.05, 0) is 11.8 Å². The molecule has 0 aromatic carbocycles. The lowest BCUT2D eigenvalue weighted by Gasteiger charge is -2.16. The first-order valence-corrected chi connectivity index (χ1v) is 4.56. The SMILES string of the molecule is C=CCC(C)(C)/C=C/C=C/C(=O)OC. The lowest BCUT2D eigenvalue weighted by atomic mass is 9.89. The van der Waals surface area contributed by atoms with Gasteiger partial charge in [-0.25, -0.2) is 4.79 Å². The first-order chi connectivity index (χ1) is 6.52. The minimum absolute atomic E-state index is 0.0855. The highest BCUT2D eigenvalue weighted by molar-refractivity contribution is 5.82. The standard InChI is InChI=1S/C12H18O2/c1-5-9-12(2,3)10-7-6-8-11(13)14-4/h5-8,10H,1,9H2,2-4H3/b8-6+,10-7+. The maximum atomic E-state index is 10.7. The van der Waals surface area contributed by atoms with Gasteiger partial charge in [0.1, 0.15) is 0 Å². The molecule has 0 fully saturated rings. The number of methoxy groups -OCH3 is 1. The van der Waals surface area contributed by atoms with Crippen molar-refractivity contribution in [3.63, 3.8) is 0 Å². The van der Waals surface area contributed by atoms with Gasteiger partial charge in [-0.3, -0.25) is 0 Å². The summed E-state index contributed by atoms with van der Waals surface area (Å²) in [6.45, 7) is 7.91. The first-order valence-electron chi connectivity index (χ1n) is 4.56. The van der Waals surface area contributed by atoms with Gasteiger partial charge in [0.25, 0.3) is 0 Å². The summed E-state index contributed by atoms with van der Waals surface area (Å²) in [7, 11) is 1.36. The van der Waals surface area contributed by atoms with Crippen LogP contribution in [0.1, 0.15) is 20.3 Å². The molecule has 0 aliphatic rings. The Balaban J connectivity index is 4.10. The highest BCUT2D eigenvalue weighted by atomic mass is 16.5. The van der Waals surface area contributed by atoms with E-state index in [0.717, 1.165) is 6.42 Å². The molecule has 0 bridgehead atoms. The molecule has 0 radical (unpaired) electrons. The molecule has 0 amide bonds. The van der Waals surface area contributed by atoms with Gasteiger partial charge in [-0.2, -0.15) is 0 Å². The van der Waals surface area contributed by atoms with E-state index in [1.807, 2.05) is 18.2 Å². The number of carbonyl (C=O) groups excluding carboxylic acids is 1. The molecule has 0 aliphatic carbocycles. The molecule has 14 heavy (non-hydrogen) atoms. The lowest BCUT2D eigenvalue weighted by molar-refractivity contribution is -0.134. The van der Waals surface area contributed by atoms with E-state index >= 15 is 0 Å². The normalized spacial score (nSPS) is 12.2. The van der Waals surface area contributed by atoms with E-state index in [-0.39, 0.29) is 11.4 Å². The van der Waals surface area contributed by atoms with Gasteiger partial charge in [0.2, 0.25) is 0 Å². The van der Waals surface area contributed by atoms with E-state index in [2.05, 4.69) is 25.2 Å². The molecule has 0 atom stereocenters. The Labute approximate surface area is 86.0 Å². The second-order valence-electron chi connectivity index (χ2n) is 3.72. The van der Waals surface area contributed by atoms with Crippen LogP contribution in [0.2, 0.25) is 0 Å². The summed E-state index contributed by atoms with van der Waals surface area (Å²) in [5.74, 6) is -0.337. The first kappa shape index (κ1) is 12.7. The second kappa shape index (κ2) is 6.19. The smallest absolute Gasteiger partial charge is 0.330 e. The number of hydrogen-bond acceptors (Lipinski definition) is 2. The molecule has 2 heteroatoms. The Morgan fingerprint density at radius 1 is 1.43 bits per heavy atom. The molecule has 2 nitrogen and oxygen atoms in total. The molecule has 0 saturated carbocycles. The van der Waals surface area contributed by atoms with Gasteiger partial charge in [0, 0.05) is 6.08 Å². The lowest BCUT2D eigenvalue weighted by Crippen LogP contribution is -2.04. The minimum atomic E-state index is -0.337. The summed E-state index contributed by atoms with van der Waals surface area (Å²) in [5, 5.41) is 0. The Kier molecular flexibility index (Phi) is 5.61. The fourth-order valence-corrected chi connectivity index (χ4v) is 0.958. The van der Waals surface area contributed by atoms with Crippen molar-refractivity contribution in [3.8, 4) is 0 Å². The summed E-state index contributed by atoms with van der Waals surface area (Å²) in [4.78, 5) is 10.7. The zero-order valence-corrected chi connectivity index (χ0v) is 9.12. The van der Waals surface area contributed by atoms with Crippen molar-refractivity contribution >= 4 is 5.97 Å². The van der Waals surface area contributed by atoms with Crippen molar-refractivity contribution in [3.05, 3.63) is 37.0 Å². The zero-order valence-electron chi connectivity index (χ0n) is 9.12. The van der Waals surface area contributed by atoms with E-state index in [1.54, 1.807) is 6.08 Å². The van der Waals surface area contributed by atoms with Gasteiger partial charge in [0.05, 0.1) is 7.11 Å². The van der Waals surface area contributed by atoms with Crippen LogP contribution in [0.5, 0.6) is 0 Å². The molecule has 0 saturated heterocycles. The largest absolute Gasteiger partial charge is 0.466 e. The van der Waals surface area contributed by atoms with Crippen LogP contribution in [0, 0.1) is 5.41 Å². The van der Waals surface area contributed by atoms with E-state index in [4.69, 9.17) is 0 Å². The summed E-state index contributed by atoms with van der Waals surface area (Å²) in [6.07, 6.45) is 9.75. The quantitative estimate of drug-likeness (QED) is 0.291. The Bertz CT molecular complexity index is 247. The minimum Gasteiger partial charge on any atom is -0.466 e. The number of rotatable bonds is 5. The molecule has 78 valence electrons. The van der Waals surface area contributed by atoms with Crippen LogP contribution in [0.25, 0.3) is 0 Å². The third-order valence-corrected chi connectivity index (χ3v) is 1.76.